The minimum absolute atomic E-state index is 0.0500. The molecule has 0 saturated heterocycles. The molecular weight excluding hydrogens is 202 g/mol. The van der Waals surface area contributed by atoms with Crippen LogP contribution in [0.1, 0.15) is 20.3 Å². The van der Waals surface area contributed by atoms with Gasteiger partial charge in [-0.05, 0) is 33.9 Å². The predicted molar refractivity (Wildman–Crippen MR) is 68.5 cm³/mol. The van der Waals surface area contributed by atoms with Gasteiger partial charge in [0.15, 0.2) is 0 Å². The van der Waals surface area contributed by atoms with E-state index in [1.807, 2.05) is 0 Å². The maximum absolute atomic E-state index is 11.3. The fourth-order valence-electron chi connectivity index (χ4n) is 1.16. The van der Waals surface area contributed by atoms with Gasteiger partial charge in [-0.1, -0.05) is 6.08 Å². The molecule has 0 atom stereocenters. The molecule has 2 N–H and O–H groups in total. The smallest absolute Gasteiger partial charge is 0.233 e. The van der Waals surface area contributed by atoms with E-state index >= 15 is 0 Å². The number of carbonyl (C=O) groups excluding carboxylic acids is 1. The van der Waals surface area contributed by atoms with Crippen LogP contribution < -0.4 is 10.6 Å². The quantitative estimate of drug-likeness (QED) is 0.448. The van der Waals surface area contributed by atoms with Crippen molar-refractivity contribution in [3.05, 3.63) is 12.7 Å². The molecule has 0 aliphatic rings. The fourth-order valence-corrected chi connectivity index (χ4v) is 1.16. The van der Waals surface area contributed by atoms with E-state index < -0.39 is 0 Å². The van der Waals surface area contributed by atoms with E-state index in [9.17, 15) is 4.79 Å². The van der Waals surface area contributed by atoms with Crippen LogP contribution in [0.4, 0.5) is 0 Å². The molecule has 0 bridgehead atoms. The topological polar surface area (TPSA) is 44.4 Å². The van der Waals surface area contributed by atoms with E-state index in [2.05, 4.69) is 43.0 Å². The summed E-state index contributed by atoms with van der Waals surface area (Å²) >= 11 is 0. The van der Waals surface area contributed by atoms with Crippen molar-refractivity contribution in [2.45, 2.75) is 26.3 Å². The lowest BCUT2D eigenvalue weighted by atomic mass is 10.3. The van der Waals surface area contributed by atoms with Gasteiger partial charge in [0.05, 0.1) is 6.54 Å². The van der Waals surface area contributed by atoms with Gasteiger partial charge < -0.3 is 15.5 Å². The van der Waals surface area contributed by atoms with Gasteiger partial charge in [-0.25, -0.2) is 0 Å². The van der Waals surface area contributed by atoms with Crippen LogP contribution in [-0.4, -0.2) is 50.1 Å². The Kier molecular flexibility index (Phi) is 8.85. The third kappa shape index (κ3) is 8.44. The second kappa shape index (κ2) is 9.36. The Balaban J connectivity index is 3.37. The number of rotatable bonds is 9. The van der Waals surface area contributed by atoms with Crippen LogP contribution in [0.15, 0.2) is 12.7 Å². The number of carbonyl (C=O) groups is 1. The predicted octanol–water partition coefficient (Wildman–Crippen LogP) is 0.609. The first kappa shape index (κ1) is 15.1. The Bertz CT molecular complexity index is 204. The zero-order valence-electron chi connectivity index (χ0n) is 10.8. The van der Waals surface area contributed by atoms with Crippen molar-refractivity contribution in [3.63, 3.8) is 0 Å². The Labute approximate surface area is 99.1 Å². The van der Waals surface area contributed by atoms with Gasteiger partial charge >= 0.3 is 0 Å². The molecule has 4 heteroatoms. The second-order valence-corrected chi connectivity index (χ2v) is 4.20. The summed E-state index contributed by atoms with van der Waals surface area (Å²) in [6.07, 6.45) is 2.73. The summed E-state index contributed by atoms with van der Waals surface area (Å²) in [7, 11) is 2.10. The highest BCUT2D eigenvalue weighted by atomic mass is 16.1. The maximum Gasteiger partial charge on any atom is 0.233 e. The van der Waals surface area contributed by atoms with E-state index in [0.29, 0.717) is 19.1 Å². The zero-order chi connectivity index (χ0) is 12.4. The summed E-state index contributed by atoms with van der Waals surface area (Å²) in [5.41, 5.74) is 0. The Morgan fingerprint density at radius 1 is 1.50 bits per heavy atom. The Hall–Kier alpha value is -0.870. The van der Waals surface area contributed by atoms with Crippen LogP contribution in [0.25, 0.3) is 0 Å². The van der Waals surface area contributed by atoms with Gasteiger partial charge in [0.2, 0.25) is 5.91 Å². The molecule has 0 fully saturated rings. The minimum Gasteiger partial charge on any atom is -0.355 e. The normalized spacial score (nSPS) is 10.8. The van der Waals surface area contributed by atoms with Crippen molar-refractivity contribution < 1.29 is 4.79 Å². The van der Waals surface area contributed by atoms with Crippen molar-refractivity contribution in [1.29, 1.82) is 0 Å². The molecule has 0 aliphatic carbocycles. The summed E-state index contributed by atoms with van der Waals surface area (Å²) in [5.74, 6) is 0.0500. The Morgan fingerprint density at radius 2 is 2.19 bits per heavy atom. The molecule has 4 nitrogen and oxygen atoms in total. The van der Waals surface area contributed by atoms with Crippen molar-refractivity contribution in [2.24, 2.45) is 0 Å². The molecule has 94 valence electrons. The zero-order valence-corrected chi connectivity index (χ0v) is 10.8. The van der Waals surface area contributed by atoms with E-state index in [4.69, 9.17) is 0 Å². The van der Waals surface area contributed by atoms with Crippen molar-refractivity contribution in [3.8, 4) is 0 Å². The first-order chi connectivity index (χ1) is 7.57. The summed E-state index contributed by atoms with van der Waals surface area (Å²) in [6.45, 7) is 10.7. The molecule has 0 aromatic carbocycles. The first-order valence-electron chi connectivity index (χ1n) is 5.86. The Morgan fingerprint density at radius 3 is 2.75 bits per heavy atom. The highest BCUT2D eigenvalue weighted by molar-refractivity contribution is 5.77. The van der Waals surface area contributed by atoms with Crippen LogP contribution in [0.5, 0.6) is 0 Å². The van der Waals surface area contributed by atoms with Gasteiger partial charge in [-0.3, -0.25) is 4.79 Å². The van der Waals surface area contributed by atoms with Gasteiger partial charge in [-0.15, -0.1) is 6.58 Å². The van der Waals surface area contributed by atoms with Crippen LogP contribution in [0.2, 0.25) is 0 Å². The van der Waals surface area contributed by atoms with Crippen molar-refractivity contribution in [2.75, 3.05) is 33.2 Å². The molecule has 0 aromatic rings. The number of hydrogen-bond acceptors (Lipinski definition) is 3. The van der Waals surface area contributed by atoms with Crippen molar-refractivity contribution in [1.82, 2.24) is 15.5 Å². The lowest BCUT2D eigenvalue weighted by Crippen LogP contribution is -2.36. The molecule has 0 aliphatic heterocycles. The third-order valence-corrected chi connectivity index (χ3v) is 2.47. The van der Waals surface area contributed by atoms with Crippen LogP contribution >= 0.6 is 0 Å². The first-order valence-corrected chi connectivity index (χ1v) is 5.86. The van der Waals surface area contributed by atoms with Crippen molar-refractivity contribution >= 4 is 5.91 Å². The van der Waals surface area contributed by atoms with E-state index in [0.717, 1.165) is 19.5 Å². The summed E-state index contributed by atoms with van der Waals surface area (Å²) in [5, 5.41) is 5.84. The molecule has 1 amide bonds. The molecule has 0 saturated carbocycles. The third-order valence-electron chi connectivity index (χ3n) is 2.47. The van der Waals surface area contributed by atoms with Crippen LogP contribution in [0, 0.1) is 0 Å². The SMILES string of the molecule is C=CCNCC(=O)NCCCN(C)C(C)C. The second-order valence-electron chi connectivity index (χ2n) is 4.20. The molecule has 0 aromatic heterocycles. The van der Waals surface area contributed by atoms with E-state index in [-0.39, 0.29) is 5.91 Å². The van der Waals surface area contributed by atoms with E-state index in [1.54, 1.807) is 6.08 Å². The van der Waals surface area contributed by atoms with Gasteiger partial charge in [0.25, 0.3) is 0 Å². The fraction of sp³-hybridized carbons (Fsp3) is 0.750. The summed E-state index contributed by atoms with van der Waals surface area (Å²) in [6, 6.07) is 0.560. The monoisotopic (exact) mass is 227 g/mol. The van der Waals surface area contributed by atoms with Gasteiger partial charge in [0.1, 0.15) is 0 Å². The average molecular weight is 227 g/mol. The molecule has 0 unspecified atom stereocenters. The number of hydrogen-bond donors (Lipinski definition) is 2. The van der Waals surface area contributed by atoms with Gasteiger partial charge in [-0.2, -0.15) is 0 Å². The summed E-state index contributed by atoms with van der Waals surface area (Å²) < 4.78 is 0. The van der Waals surface area contributed by atoms with Crippen LogP contribution in [0.3, 0.4) is 0 Å². The number of nitrogens with one attached hydrogen (secondary N) is 2. The molecule has 0 radical (unpaired) electrons. The average Bonchev–Trinajstić information content (AvgIpc) is 2.24. The highest BCUT2D eigenvalue weighted by Crippen LogP contribution is 1.93. The van der Waals surface area contributed by atoms with Gasteiger partial charge in [0, 0.05) is 19.1 Å². The van der Waals surface area contributed by atoms with Crippen LogP contribution in [-0.2, 0) is 4.79 Å². The lowest BCUT2D eigenvalue weighted by Gasteiger charge is -2.20. The highest BCUT2D eigenvalue weighted by Gasteiger charge is 2.03. The molecule has 16 heavy (non-hydrogen) atoms. The number of amides is 1. The number of nitrogens with zero attached hydrogens (tertiary/aromatic N) is 1. The molecule has 0 spiro atoms. The molecular formula is C12H25N3O. The molecule has 0 rings (SSSR count). The largest absolute Gasteiger partial charge is 0.355 e. The maximum atomic E-state index is 11.3. The lowest BCUT2D eigenvalue weighted by molar-refractivity contribution is -0.120. The summed E-state index contributed by atoms with van der Waals surface area (Å²) in [4.78, 5) is 13.5. The minimum atomic E-state index is 0.0500. The van der Waals surface area contributed by atoms with E-state index in [1.165, 1.54) is 0 Å². The molecule has 0 heterocycles. The standard InChI is InChI=1S/C12H25N3O/c1-5-7-13-10-12(16)14-8-6-9-15(4)11(2)3/h5,11,13H,1,6-10H2,2-4H3,(H,14,16).